The maximum Gasteiger partial charge on any atom is 0.257 e. The van der Waals surface area contributed by atoms with Crippen molar-refractivity contribution in [3.05, 3.63) is 71.1 Å². The van der Waals surface area contributed by atoms with E-state index in [1.54, 1.807) is 24.3 Å². The summed E-state index contributed by atoms with van der Waals surface area (Å²) in [5.74, 6) is 0.654. The second kappa shape index (κ2) is 11.8. The number of rotatable bonds is 12. The van der Waals surface area contributed by atoms with Gasteiger partial charge in [0.2, 0.25) is 5.82 Å². The zero-order valence-corrected chi connectivity index (χ0v) is 20.2. The summed E-state index contributed by atoms with van der Waals surface area (Å²) >= 11 is 0. The van der Waals surface area contributed by atoms with Crippen LogP contribution in [0.4, 0.5) is 0 Å². The molecule has 3 N–H and O–H groups in total. The standard InChI is InChI=1S/C27H33N5O3/c1-2-3-4-5-6-7-8-10-20-13-15-21(16-14-20)17-18-23(33)22-11-9-12-24-25(22)35-27(28,19-34-24)26-29-31-32-30-26/h9,11-18H,2-8,10,19,28H2,1H3,(H,29,30,31,32). The minimum atomic E-state index is -1.44. The molecule has 0 fully saturated rings. The van der Waals surface area contributed by atoms with Crippen LogP contribution < -0.4 is 15.2 Å². The van der Waals surface area contributed by atoms with Gasteiger partial charge in [-0.2, -0.15) is 5.21 Å². The molecule has 8 heteroatoms. The third kappa shape index (κ3) is 6.33. The van der Waals surface area contributed by atoms with Crippen molar-refractivity contribution in [3.8, 4) is 11.5 Å². The lowest BCUT2D eigenvalue weighted by Gasteiger charge is -2.33. The van der Waals surface area contributed by atoms with Gasteiger partial charge in [-0.05, 0) is 47.4 Å². The summed E-state index contributed by atoms with van der Waals surface area (Å²) < 4.78 is 11.7. The molecule has 4 rings (SSSR count). The molecule has 184 valence electrons. The van der Waals surface area contributed by atoms with Crippen LogP contribution in [-0.2, 0) is 12.1 Å². The molecule has 0 amide bonds. The van der Waals surface area contributed by atoms with Crippen molar-refractivity contribution in [3.63, 3.8) is 0 Å². The molecule has 0 saturated heterocycles. The highest BCUT2D eigenvalue weighted by Crippen LogP contribution is 2.39. The first-order valence-electron chi connectivity index (χ1n) is 12.4. The van der Waals surface area contributed by atoms with E-state index >= 15 is 0 Å². The van der Waals surface area contributed by atoms with Gasteiger partial charge < -0.3 is 9.47 Å². The number of aromatic amines is 1. The summed E-state index contributed by atoms with van der Waals surface area (Å²) in [4.78, 5) is 13.0. The minimum Gasteiger partial charge on any atom is -0.483 e. The molecule has 0 radical (unpaired) electrons. The summed E-state index contributed by atoms with van der Waals surface area (Å²) in [5.41, 5.74) is 7.50. The zero-order chi connectivity index (χ0) is 24.5. The van der Waals surface area contributed by atoms with Crippen LogP contribution in [0.15, 0.2) is 48.5 Å². The molecule has 3 aromatic rings. The van der Waals surface area contributed by atoms with Gasteiger partial charge in [-0.15, -0.1) is 10.2 Å². The quantitative estimate of drug-likeness (QED) is 0.216. The number of aromatic nitrogens is 4. The van der Waals surface area contributed by atoms with E-state index in [9.17, 15) is 4.79 Å². The molecule has 1 aromatic heterocycles. The Kier molecular flexibility index (Phi) is 8.26. The molecule has 1 aliphatic heterocycles. The number of hydrogen-bond acceptors (Lipinski definition) is 7. The average Bonchev–Trinajstić information content (AvgIpc) is 3.43. The summed E-state index contributed by atoms with van der Waals surface area (Å²) in [5, 5.41) is 13.7. The Morgan fingerprint density at radius 1 is 1.09 bits per heavy atom. The normalized spacial score (nSPS) is 17.1. The first-order chi connectivity index (χ1) is 17.1. The van der Waals surface area contributed by atoms with Crippen LogP contribution >= 0.6 is 0 Å². The molecule has 2 heterocycles. The van der Waals surface area contributed by atoms with Gasteiger partial charge in [-0.25, -0.2) is 0 Å². The van der Waals surface area contributed by atoms with E-state index in [-0.39, 0.29) is 24.0 Å². The summed E-state index contributed by atoms with van der Waals surface area (Å²) in [6.45, 7) is 2.24. The fraction of sp³-hybridized carbons (Fsp3) is 0.407. The van der Waals surface area contributed by atoms with Crippen molar-refractivity contribution in [1.82, 2.24) is 20.6 Å². The average molecular weight is 476 g/mol. The van der Waals surface area contributed by atoms with Crippen molar-refractivity contribution in [2.75, 3.05) is 6.61 Å². The Hall–Kier alpha value is -3.52. The third-order valence-corrected chi connectivity index (χ3v) is 6.17. The summed E-state index contributed by atoms with van der Waals surface area (Å²) in [7, 11) is 0. The molecule has 1 aliphatic rings. The van der Waals surface area contributed by atoms with Crippen molar-refractivity contribution in [2.24, 2.45) is 5.73 Å². The van der Waals surface area contributed by atoms with Gasteiger partial charge in [0, 0.05) is 0 Å². The molecule has 1 unspecified atom stereocenters. The van der Waals surface area contributed by atoms with Crippen molar-refractivity contribution >= 4 is 11.9 Å². The topological polar surface area (TPSA) is 116 Å². The number of hydrogen-bond donors (Lipinski definition) is 2. The zero-order valence-electron chi connectivity index (χ0n) is 20.2. The number of nitrogens with zero attached hydrogens (tertiary/aromatic N) is 3. The number of unbranched alkanes of at least 4 members (excludes halogenated alkanes) is 6. The number of allylic oxidation sites excluding steroid dienone is 1. The van der Waals surface area contributed by atoms with Crippen LogP contribution in [0.5, 0.6) is 11.5 Å². The van der Waals surface area contributed by atoms with Gasteiger partial charge in [-0.1, -0.05) is 81.9 Å². The molecule has 0 spiro atoms. The molecule has 0 saturated carbocycles. The van der Waals surface area contributed by atoms with E-state index in [0.717, 1.165) is 12.0 Å². The number of aryl methyl sites for hydroxylation is 1. The third-order valence-electron chi connectivity index (χ3n) is 6.17. The van der Waals surface area contributed by atoms with Gasteiger partial charge in [0.1, 0.15) is 6.61 Å². The van der Waals surface area contributed by atoms with Crippen molar-refractivity contribution in [2.45, 2.75) is 64.0 Å². The number of carbonyl (C=O) groups is 1. The van der Waals surface area contributed by atoms with Gasteiger partial charge in [0.25, 0.3) is 5.72 Å². The Morgan fingerprint density at radius 3 is 2.60 bits per heavy atom. The number of benzene rings is 2. The highest BCUT2D eigenvalue weighted by Gasteiger charge is 2.41. The number of nitrogens with two attached hydrogens (primary N) is 1. The second-order valence-corrected chi connectivity index (χ2v) is 8.96. The minimum absolute atomic E-state index is 0.00176. The van der Waals surface area contributed by atoms with Crippen molar-refractivity contribution < 1.29 is 14.3 Å². The molecule has 35 heavy (non-hydrogen) atoms. The molecule has 0 aliphatic carbocycles. The number of fused-ring (bicyclic) bond motifs is 1. The Balaban J connectivity index is 1.35. The maximum absolute atomic E-state index is 13.0. The van der Waals surface area contributed by atoms with Gasteiger partial charge >= 0.3 is 0 Å². The number of nitrogens with one attached hydrogen (secondary N) is 1. The predicted octanol–water partition coefficient (Wildman–Crippen LogP) is 4.97. The SMILES string of the molecule is CCCCCCCCCc1ccc(C=CC(=O)c2cccc3c2OC(N)(c2nn[nH]n2)CO3)cc1. The number of H-pyrrole nitrogens is 1. The summed E-state index contributed by atoms with van der Waals surface area (Å²) in [6.07, 6.45) is 13.6. The van der Waals surface area contributed by atoms with E-state index in [1.807, 2.05) is 12.1 Å². The van der Waals surface area contributed by atoms with E-state index in [0.29, 0.717) is 11.3 Å². The lowest BCUT2D eigenvalue weighted by atomic mass is 10.0. The second-order valence-electron chi connectivity index (χ2n) is 8.96. The van der Waals surface area contributed by atoms with Crippen molar-refractivity contribution in [1.29, 1.82) is 0 Å². The predicted molar refractivity (Wildman–Crippen MR) is 134 cm³/mol. The van der Waals surface area contributed by atoms with Crippen LogP contribution in [0.2, 0.25) is 0 Å². The Bertz CT molecular complexity index is 1130. The number of ketones is 1. The molecular formula is C27H33N5O3. The molecule has 8 nitrogen and oxygen atoms in total. The highest BCUT2D eigenvalue weighted by atomic mass is 16.6. The van der Waals surface area contributed by atoms with Crippen LogP contribution in [-0.4, -0.2) is 33.0 Å². The van der Waals surface area contributed by atoms with Crippen LogP contribution in [0.1, 0.15) is 79.2 Å². The first-order valence-corrected chi connectivity index (χ1v) is 12.4. The molecule has 0 bridgehead atoms. The van der Waals surface area contributed by atoms with E-state index in [1.165, 1.54) is 56.6 Å². The van der Waals surface area contributed by atoms with Gasteiger partial charge in [0.15, 0.2) is 17.3 Å². The molecule has 2 aromatic carbocycles. The van der Waals surface area contributed by atoms with Gasteiger partial charge in [0.05, 0.1) is 5.56 Å². The van der Waals surface area contributed by atoms with E-state index < -0.39 is 5.72 Å². The Morgan fingerprint density at radius 2 is 1.86 bits per heavy atom. The fourth-order valence-electron chi connectivity index (χ4n) is 4.12. The lowest BCUT2D eigenvalue weighted by Crippen LogP contribution is -2.51. The summed E-state index contributed by atoms with van der Waals surface area (Å²) in [6, 6.07) is 13.5. The lowest BCUT2D eigenvalue weighted by molar-refractivity contribution is -0.0154. The highest BCUT2D eigenvalue weighted by molar-refractivity contribution is 6.09. The van der Waals surface area contributed by atoms with Crippen LogP contribution in [0.25, 0.3) is 6.08 Å². The smallest absolute Gasteiger partial charge is 0.257 e. The number of para-hydroxylation sites is 1. The fourth-order valence-corrected chi connectivity index (χ4v) is 4.12. The number of tetrazole rings is 1. The molecule has 1 atom stereocenters. The number of carbonyl (C=O) groups excluding carboxylic acids is 1. The van der Waals surface area contributed by atoms with E-state index in [4.69, 9.17) is 15.2 Å². The first kappa shape index (κ1) is 24.6. The maximum atomic E-state index is 13.0. The van der Waals surface area contributed by atoms with E-state index in [2.05, 4.69) is 39.7 Å². The monoisotopic (exact) mass is 475 g/mol. The largest absolute Gasteiger partial charge is 0.483 e. The number of ether oxygens (including phenoxy) is 2. The van der Waals surface area contributed by atoms with Crippen LogP contribution in [0.3, 0.4) is 0 Å². The van der Waals surface area contributed by atoms with Crippen LogP contribution in [0, 0.1) is 0 Å². The van der Waals surface area contributed by atoms with Gasteiger partial charge in [-0.3, -0.25) is 10.5 Å². The Labute approximate surface area is 205 Å². The molecular weight excluding hydrogens is 442 g/mol.